The lowest BCUT2D eigenvalue weighted by Gasteiger charge is -2.31. The molecule has 0 bridgehead atoms. The normalized spacial score (nSPS) is 13.3. The molecule has 232 valence electrons. The molecule has 0 aliphatic heterocycles. The number of rotatable bonds is 4. The van der Waals surface area contributed by atoms with Crippen LogP contribution in [0, 0.1) is 0 Å². The average Bonchev–Trinajstić information content (AvgIpc) is 3.64. The van der Waals surface area contributed by atoms with Crippen LogP contribution in [-0.4, -0.2) is 0 Å². The molecule has 0 unspecified atom stereocenters. The number of benzene rings is 8. The third kappa shape index (κ3) is 4.07. The number of furan rings is 1. The summed E-state index contributed by atoms with van der Waals surface area (Å²) in [5.41, 5.74) is 12.9. The van der Waals surface area contributed by atoms with Gasteiger partial charge >= 0.3 is 0 Å². The molecule has 1 heterocycles. The highest BCUT2D eigenvalue weighted by atomic mass is 16.3. The summed E-state index contributed by atoms with van der Waals surface area (Å²) in [6.45, 7) is 4.71. The van der Waals surface area contributed by atoms with Crippen molar-refractivity contribution in [2.24, 2.45) is 0 Å². The topological polar surface area (TPSA) is 16.4 Å². The Morgan fingerprint density at radius 2 is 1.08 bits per heavy atom. The smallest absolute Gasteiger partial charge is 0.136 e. The van der Waals surface area contributed by atoms with Crippen molar-refractivity contribution in [2.75, 3.05) is 4.90 Å². The highest BCUT2D eigenvalue weighted by Crippen LogP contribution is 2.52. The van der Waals surface area contributed by atoms with E-state index in [4.69, 9.17) is 4.42 Å². The molecule has 0 amide bonds. The summed E-state index contributed by atoms with van der Waals surface area (Å²) in [4.78, 5) is 2.48. The van der Waals surface area contributed by atoms with Crippen molar-refractivity contribution >= 4 is 60.5 Å². The third-order valence-corrected chi connectivity index (χ3v) is 10.7. The molecule has 0 atom stereocenters. The quantitative estimate of drug-likeness (QED) is 0.193. The largest absolute Gasteiger partial charge is 0.456 e. The van der Waals surface area contributed by atoms with Crippen molar-refractivity contribution in [1.29, 1.82) is 0 Å². The van der Waals surface area contributed by atoms with Gasteiger partial charge in [0.15, 0.2) is 0 Å². The minimum absolute atomic E-state index is 0.116. The van der Waals surface area contributed by atoms with E-state index in [1.807, 2.05) is 6.07 Å². The lowest BCUT2D eigenvalue weighted by atomic mass is 9.82. The Hall–Kier alpha value is -6.12. The van der Waals surface area contributed by atoms with Crippen LogP contribution in [0.4, 0.5) is 17.1 Å². The van der Waals surface area contributed by atoms with Crippen LogP contribution in [0.1, 0.15) is 25.0 Å². The first-order chi connectivity index (χ1) is 24.1. The van der Waals surface area contributed by atoms with E-state index in [0.29, 0.717) is 0 Å². The van der Waals surface area contributed by atoms with Gasteiger partial charge < -0.3 is 9.32 Å². The van der Waals surface area contributed by atoms with Gasteiger partial charge in [-0.3, -0.25) is 0 Å². The highest BCUT2D eigenvalue weighted by Gasteiger charge is 2.36. The Bertz CT molecular complexity index is 2760. The van der Waals surface area contributed by atoms with Crippen molar-refractivity contribution in [3.63, 3.8) is 0 Å². The Morgan fingerprint density at radius 1 is 0.429 bits per heavy atom. The first-order valence-electron chi connectivity index (χ1n) is 17.0. The van der Waals surface area contributed by atoms with E-state index in [-0.39, 0.29) is 5.41 Å². The van der Waals surface area contributed by atoms with Gasteiger partial charge in [-0.1, -0.05) is 141 Å². The summed E-state index contributed by atoms with van der Waals surface area (Å²) in [6.07, 6.45) is 0. The van der Waals surface area contributed by atoms with Crippen LogP contribution in [-0.2, 0) is 5.41 Å². The molecule has 0 saturated carbocycles. The summed E-state index contributed by atoms with van der Waals surface area (Å²) in [7, 11) is 0. The second-order valence-corrected chi connectivity index (χ2v) is 13.7. The number of fused-ring (bicyclic) bond motifs is 9. The van der Waals surface area contributed by atoms with Crippen molar-refractivity contribution in [1.82, 2.24) is 0 Å². The summed E-state index contributed by atoms with van der Waals surface area (Å²) >= 11 is 0. The van der Waals surface area contributed by atoms with Crippen LogP contribution < -0.4 is 4.90 Å². The van der Waals surface area contributed by atoms with Crippen LogP contribution >= 0.6 is 0 Å². The molecular weight excluding hydrogens is 595 g/mol. The van der Waals surface area contributed by atoms with E-state index in [9.17, 15) is 0 Å². The van der Waals surface area contributed by atoms with Gasteiger partial charge in [0.1, 0.15) is 11.2 Å². The van der Waals surface area contributed by atoms with Crippen LogP contribution in [0.25, 0.3) is 65.7 Å². The number of hydrogen-bond acceptors (Lipinski definition) is 2. The molecule has 1 aliphatic rings. The van der Waals surface area contributed by atoms with Gasteiger partial charge in [-0.15, -0.1) is 0 Å². The van der Waals surface area contributed by atoms with Crippen molar-refractivity contribution < 1.29 is 4.42 Å². The van der Waals surface area contributed by atoms with E-state index in [0.717, 1.165) is 39.0 Å². The summed E-state index contributed by atoms with van der Waals surface area (Å²) in [6, 6.07) is 59.5. The molecule has 2 heteroatoms. The SMILES string of the molecule is CC1(C)c2ccccc2-c2ccc(N(c3ccccc3-c3cccc4ccc5oc6ccccc6c5c34)c3cccc4ccccc34)cc21. The van der Waals surface area contributed by atoms with Crippen LogP contribution in [0.15, 0.2) is 168 Å². The average molecular weight is 628 g/mol. The standard InChI is InChI=1S/C47H33NO/c1-47(2)39-21-8-5-17-34(39)35-27-26-32(29-40(35)47)48(41-23-12-14-30-13-3-4-16-33(30)41)42-22-9-6-18-36(42)37-20-11-15-31-25-28-44-46(45(31)37)38-19-7-10-24-43(38)49-44/h3-29H,1-2H3. The monoisotopic (exact) mass is 627 g/mol. The molecule has 8 aromatic carbocycles. The van der Waals surface area contributed by atoms with Crippen LogP contribution in [0.3, 0.4) is 0 Å². The molecule has 0 spiro atoms. The van der Waals surface area contributed by atoms with Gasteiger partial charge in [0.2, 0.25) is 0 Å². The first kappa shape index (κ1) is 27.9. The van der Waals surface area contributed by atoms with Crippen molar-refractivity contribution in [2.45, 2.75) is 19.3 Å². The zero-order valence-electron chi connectivity index (χ0n) is 27.4. The summed E-state index contributed by atoms with van der Waals surface area (Å²) in [5, 5.41) is 7.13. The maximum Gasteiger partial charge on any atom is 0.136 e. The Kier molecular flexibility index (Phi) is 5.95. The zero-order valence-corrected chi connectivity index (χ0v) is 27.4. The molecule has 9 aromatic rings. The van der Waals surface area contributed by atoms with Gasteiger partial charge in [-0.25, -0.2) is 0 Å². The summed E-state index contributed by atoms with van der Waals surface area (Å²) in [5.74, 6) is 0. The lowest BCUT2D eigenvalue weighted by Crippen LogP contribution is -2.17. The molecule has 2 nitrogen and oxygen atoms in total. The zero-order chi connectivity index (χ0) is 32.7. The molecule has 1 aromatic heterocycles. The van der Waals surface area contributed by atoms with Crippen LogP contribution in [0.2, 0.25) is 0 Å². The van der Waals surface area contributed by atoms with E-state index in [2.05, 4.69) is 176 Å². The molecule has 0 N–H and O–H groups in total. The van der Waals surface area contributed by atoms with E-state index >= 15 is 0 Å². The maximum absolute atomic E-state index is 6.39. The van der Waals surface area contributed by atoms with E-state index in [1.165, 1.54) is 54.9 Å². The molecule has 10 rings (SSSR count). The Balaban J connectivity index is 1.28. The van der Waals surface area contributed by atoms with E-state index in [1.54, 1.807) is 0 Å². The number of anilines is 3. The molecule has 0 fully saturated rings. The highest BCUT2D eigenvalue weighted by molar-refractivity contribution is 6.23. The third-order valence-electron chi connectivity index (χ3n) is 10.7. The van der Waals surface area contributed by atoms with Gasteiger partial charge in [0.25, 0.3) is 0 Å². The fourth-order valence-corrected chi connectivity index (χ4v) is 8.36. The van der Waals surface area contributed by atoms with Crippen LogP contribution in [0.5, 0.6) is 0 Å². The molecule has 49 heavy (non-hydrogen) atoms. The lowest BCUT2D eigenvalue weighted by molar-refractivity contribution is 0.660. The van der Waals surface area contributed by atoms with E-state index < -0.39 is 0 Å². The predicted octanol–water partition coefficient (Wildman–Crippen LogP) is 13.3. The maximum atomic E-state index is 6.39. The molecule has 0 saturated heterocycles. The minimum atomic E-state index is -0.116. The summed E-state index contributed by atoms with van der Waals surface area (Å²) < 4.78 is 6.39. The fraction of sp³-hybridized carbons (Fsp3) is 0.0638. The van der Waals surface area contributed by atoms with Gasteiger partial charge in [-0.05, 0) is 75.0 Å². The van der Waals surface area contributed by atoms with Crippen molar-refractivity contribution in [3.05, 3.63) is 175 Å². The molecule has 1 aliphatic carbocycles. The molecular formula is C47H33NO. The molecule has 0 radical (unpaired) electrons. The Morgan fingerprint density at radius 3 is 2.00 bits per heavy atom. The Labute approximate surface area is 285 Å². The number of hydrogen-bond donors (Lipinski definition) is 0. The minimum Gasteiger partial charge on any atom is -0.456 e. The first-order valence-corrected chi connectivity index (χ1v) is 17.0. The van der Waals surface area contributed by atoms with Gasteiger partial charge in [-0.2, -0.15) is 0 Å². The predicted molar refractivity (Wildman–Crippen MR) is 206 cm³/mol. The number of nitrogens with zero attached hydrogens (tertiary/aromatic N) is 1. The van der Waals surface area contributed by atoms with Gasteiger partial charge in [0, 0.05) is 38.2 Å². The van der Waals surface area contributed by atoms with Crippen molar-refractivity contribution in [3.8, 4) is 22.3 Å². The van der Waals surface area contributed by atoms with Gasteiger partial charge in [0.05, 0.1) is 11.4 Å². The number of para-hydroxylation sites is 2. The second-order valence-electron chi connectivity index (χ2n) is 13.7. The fourth-order valence-electron chi connectivity index (χ4n) is 8.36. The second kappa shape index (κ2) is 10.4.